The van der Waals surface area contributed by atoms with Crippen LogP contribution < -0.4 is 4.90 Å². The van der Waals surface area contributed by atoms with E-state index in [4.69, 9.17) is 4.55 Å². The average Bonchev–Trinajstić information content (AvgIpc) is 2.50. The Labute approximate surface area is 160 Å². The first-order valence-corrected chi connectivity index (χ1v) is 12.0. The van der Waals surface area contributed by atoms with Gasteiger partial charge in [0.15, 0.2) is 0 Å². The van der Waals surface area contributed by atoms with Crippen LogP contribution in [0.15, 0.2) is 18.2 Å². The molecule has 0 saturated carbocycles. The molecule has 8 nitrogen and oxygen atoms in total. The predicted molar refractivity (Wildman–Crippen MR) is 103 cm³/mol. The average molecular weight is 422 g/mol. The van der Waals surface area contributed by atoms with Gasteiger partial charge in [0.25, 0.3) is 20.2 Å². The van der Waals surface area contributed by atoms with E-state index in [1.54, 1.807) is 18.2 Å². The lowest BCUT2D eigenvalue weighted by Crippen LogP contribution is -2.50. The van der Waals surface area contributed by atoms with E-state index < -0.39 is 25.8 Å². The Balaban J connectivity index is 2.33. The second-order valence-corrected chi connectivity index (χ2v) is 10.7. The zero-order chi connectivity index (χ0) is 20.5. The second-order valence-electron chi connectivity index (χ2n) is 7.66. The highest BCUT2D eigenvalue weighted by atomic mass is 32.2. The summed E-state index contributed by atoms with van der Waals surface area (Å²) in [6.07, 6.45) is 1.32. The first-order chi connectivity index (χ1) is 12.3. The Morgan fingerprint density at radius 3 is 2.33 bits per heavy atom. The number of hydrogen-bond donors (Lipinski definition) is 3. The highest BCUT2D eigenvalue weighted by Gasteiger charge is 2.39. The standard InChI is InChI=1S/C17H27NO7S2/c1-17(2)10-14(12-27(23,24)25)15-6-5-13(11-19)9-16(15)18(17)7-3-4-8-26(20,21)22/h5-6,9,14,19H,3-4,7-8,10-12H2,1-2H3,(H,20,21,22)(H,23,24,25). The molecule has 0 spiro atoms. The molecule has 1 aliphatic heterocycles. The summed E-state index contributed by atoms with van der Waals surface area (Å²) in [6.45, 7) is 4.28. The van der Waals surface area contributed by atoms with Gasteiger partial charge in [0.1, 0.15) is 0 Å². The quantitative estimate of drug-likeness (QED) is 0.428. The molecule has 0 aliphatic carbocycles. The molecule has 0 aromatic heterocycles. The number of hydrogen-bond acceptors (Lipinski definition) is 6. The summed E-state index contributed by atoms with van der Waals surface area (Å²) in [7, 11) is -8.15. The lowest BCUT2D eigenvalue weighted by atomic mass is 9.79. The van der Waals surface area contributed by atoms with Crippen molar-refractivity contribution in [2.45, 2.75) is 51.2 Å². The molecule has 1 atom stereocenters. The summed E-state index contributed by atoms with van der Waals surface area (Å²) in [5.41, 5.74) is 1.80. The van der Waals surface area contributed by atoms with E-state index in [1.807, 2.05) is 13.8 Å². The maximum Gasteiger partial charge on any atom is 0.265 e. The number of aliphatic hydroxyl groups is 1. The van der Waals surface area contributed by atoms with Crippen molar-refractivity contribution in [3.63, 3.8) is 0 Å². The van der Waals surface area contributed by atoms with Gasteiger partial charge in [-0.1, -0.05) is 12.1 Å². The molecule has 1 aromatic rings. The molecule has 154 valence electrons. The van der Waals surface area contributed by atoms with Crippen LogP contribution >= 0.6 is 0 Å². The monoisotopic (exact) mass is 421 g/mol. The van der Waals surface area contributed by atoms with Gasteiger partial charge >= 0.3 is 0 Å². The van der Waals surface area contributed by atoms with Crippen LogP contribution in [-0.2, 0) is 26.8 Å². The van der Waals surface area contributed by atoms with Crippen LogP contribution in [0.1, 0.15) is 50.2 Å². The lowest BCUT2D eigenvalue weighted by molar-refractivity contribution is 0.281. The SMILES string of the molecule is CC1(C)CC(CS(=O)(=O)O)c2ccc(CO)cc2N1CCCCS(=O)(=O)O. The van der Waals surface area contributed by atoms with Gasteiger partial charge in [-0.25, -0.2) is 0 Å². The Hall–Kier alpha value is -1.20. The molecule has 0 amide bonds. The first-order valence-electron chi connectivity index (χ1n) is 8.74. The Morgan fingerprint density at radius 2 is 1.78 bits per heavy atom. The molecule has 3 N–H and O–H groups in total. The van der Waals surface area contributed by atoms with Crippen molar-refractivity contribution < 1.29 is 31.0 Å². The zero-order valence-corrected chi connectivity index (χ0v) is 17.1. The fourth-order valence-corrected chi connectivity index (χ4v) is 5.17. The number of aliphatic hydroxyl groups excluding tert-OH is 1. The maximum atomic E-state index is 11.5. The van der Waals surface area contributed by atoms with Crippen molar-refractivity contribution >= 4 is 25.9 Å². The summed E-state index contributed by atoms with van der Waals surface area (Å²) >= 11 is 0. The molecule has 10 heteroatoms. The van der Waals surface area contributed by atoms with E-state index >= 15 is 0 Å². The highest BCUT2D eigenvalue weighted by Crippen LogP contribution is 2.44. The lowest BCUT2D eigenvalue weighted by Gasteiger charge is -2.48. The maximum absolute atomic E-state index is 11.5. The van der Waals surface area contributed by atoms with Crippen molar-refractivity contribution in [1.82, 2.24) is 0 Å². The van der Waals surface area contributed by atoms with Crippen molar-refractivity contribution in [1.29, 1.82) is 0 Å². The van der Waals surface area contributed by atoms with Gasteiger partial charge in [-0.3, -0.25) is 9.11 Å². The van der Waals surface area contributed by atoms with E-state index in [2.05, 4.69) is 4.90 Å². The normalized spacial score (nSPS) is 19.7. The van der Waals surface area contributed by atoms with Crippen LogP contribution in [0.2, 0.25) is 0 Å². The molecule has 1 aliphatic rings. The van der Waals surface area contributed by atoms with Crippen molar-refractivity contribution in [3.05, 3.63) is 29.3 Å². The third-order valence-corrected chi connectivity index (χ3v) is 6.56. The summed E-state index contributed by atoms with van der Waals surface area (Å²) in [5.74, 6) is -1.07. The van der Waals surface area contributed by atoms with Gasteiger partial charge in [-0.05, 0) is 50.3 Å². The first kappa shape index (κ1) is 22.1. The van der Waals surface area contributed by atoms with Gasteiger partial charge in [0.2, 0.25) is 0 Å². The molecular formula is C17H27NO7S2. The van der Waals surface area contributed by atoms with E-state index in [0.29, 0.717) is 31.4 Å². The third-order valence-electron chi connectivity index (χ3n) is 4.93. The van der Waals surface area contributed by atoms with Gasteiger partial charge < -0.3 is 10.0 Å². The number of rotatable bonds is 8. The summed E-state index contributed by atoms with van der Waals surface area (Å²) < 4.78 is 62.9. The third kappa shape index (κ3) is 6.15. The molecular weight excluding hydrogens is 394 g/mol. The van der Waals surface area contributed by atoms with E-state index in [-0.39, 0.29) is 24.0 Å². The van der Waals surface area contributed by atoms with Crippen LogP contribution in [-0.4, -0.2) is 54.6 Å². The van der Waals surface area contributed by atoms with Crippen molar-refractivity contribution in [3.8, 4) is 0 Å². The minimum atomic E-state index is -4.15. The Bertz CT molecular complexity index is 879. The van der Waals surface area contributed by atoms with E-state index in [0.717, 1.165) is 11.3 Å². The number of unbranched alkanes of at least 4 members (excludes halogenated alkanes) is 1. The molecule has 0 saturated heterocycles. The molecule has 27 heavy (non-hydrogen) atoms. The second kappa shape index (κ2) is 8.04. The van der Waals surface area contributed by atoms with Crippen molar-refractivity contribution in [2.24, 2.45) is 0 Å². The summed E-state index contributed by atoms with van der Waals surface area (Å²) in [4.78, 5) is 2.08. The van der Waals surface area contributed by atoms with E-state index in [9.17, 15) is 26.5 Å². The number of fused-ring (bicyclic) bond motifs is 1. The Kier molecular flexibility index (Phi) is 6.58. The van der Waals surface area contributed by atoms with Gasteiger partial charge in [0.05, 0.1) is 18.1 Å². The van der Waals surface area contributed by atoms with Crippen LogP contribution in [0.3, 0.4) is 0 Å². The molecule has 2 rings (SSSR count). The largest absolute Gasteiger partial charge is 0.392 e. The molecule has 0 fully saturated rings. The van der Waals surface area contributed by atoms with Crippen LogP contribution in [0.4, 0.5) is 5.69 Å². The number of anilines is 1. The number of benzene rings is 1. The number of nitrogens with zero attached hydrogens (tertiary/aromatic N) is 1. The highest BCUT2D eigenvalue weighted by molar-refractivity contribution is 7.86. The van der Waals surface area contributed by atoms with Gasteiger partial charge in [0, 0.05) is 23.7 Å². The minimum absolute atomic E-state index is 0.159. The van der Waals surface area contributed by atoms with Crippen LogP contribution in [0.5, 0.6) is 0 Å². The smallest absolute Gasteiger partial charge is 0.265 e. The zero-order valence-electron chi connectivity index (χ0n) is 15.5. The van der Waals surface area contributed by atoms with Crippen LogP contribution in [0, 0.1) is 0 Å². The molecule has 1 aromatic carbocycles. The topological polar surface area (TPSA) is 132 Å². The Morgan fingerprint density at radius 1 is 1.11 bits per heavy atom. The summed E-state index contributed by atoms with van der Waals surface area (Å²) in [6, 6.07) is 5.30. The van der Waals surface area contributed by atoms with Gasteiger partial charge in [-0.2, -0.15) is 16.8 Å². The minimum Gasteiger partial charge on any atom is -0.392 e. The predicted octanol–water partition coefficient (Wildman–Crippen LogP) is 1.81. The van der Waals surface area contributed by atoms with Gasteiger partial charge in [-0.15, -0.1) is 0 Å². The fourth-order valence-electron chi connectivity index (χ4n) is 3.80. The molecule has 0 radical (unpaired) electrons. The molecule has 0 bridgehead atoms. The van der Waals surface area contributed by atoms with Crippen LogP contribution in [0.25, 0.3) is 0 Å². The van der Waals surface area contributed by atoms with E-state index in [1.165, 1.54) is 0 Å². The van der Waals surface area contributed by atoms with Crippen molar-refractivity contribution in [2.75, 3.05) is 23.0 Å². The summed E-state index contributed by atoms with van der Waals surface area (Å²) in [5, 5.41) is 9.46. The molecule has 1 unspecified atom stereocenters. The fraction of sp³-hybridized carbons (Fsp3) is 0.647. The molecule has 1 heterocycles.